The van der Waals surface area contributed by atoms with E-state index >= 15 is 0 Å². The smallest absolute Gasteiger partial charge is 0.252 e. The maximum Gasteiger partial charge on any atom is 0.252 e. The number of hydrogen-bond acceptors (Lipinski definition) is 2. The second kappa shape index (κ2) is 5.92. The van der Waals surface area contributed by atoms with E-state index in [-0.39, 0.29) is 12.4 Å². The zero-order valence-electron chi connectivity index (χ0n) is 9.00. The number of carbonyl (C=O) groups excluding carboxylic acids is 1. The first-order valence-electron chi connectivity index (χ1n) is 4.89. The zero-order valence-corrected chi connectivity index (χ0v) is 9.81. The van der Waals surface area contributed by atoms with Gasteiger partial charge in [-0.1, -0.05) is 30.3 Å². The molecular weight excluding hydrogens is 238 g/mol. The number of nitrogens with two attached hydrogens (primary N) is 1. The fourth-order valence-corrected chi connectivity index (χ4v) is 1.37. The second-order valence-electron chi connectivity index (χ2n) is 3.28. The number of carbonyl (C=O) groups is 1. The normalized spacial score (nSPS) is 9.18. The first kappa shape index (κ1) is 13.1. The van der Waals surface area contributed by atoms with Crippen LogP contribution >= 0.6 is 12.4 Å². The maximum atomic E-state index is 11.2. The standard InChI is InChI=1S/C13H11NO2.ClH/c14-13(15)11-8-4-5-9-12(11)16-10-6-2-1-3-7-10;/h1-9H,(H2,14,15);1H. The summed E-state index contributed by atoms with van der Waals surface area (Å²) in [5.41, 5.74) is 5.63. The summed E-state index contributed by atoms with van der Waals surface area (Å²) < 4.78 is 5.57. The monoisotopic (exact) mass is 249 g/mol. The van der Waals surface area contributed by atoms with Gasteiger partial charge in [0.05, 0.1) is 5.56 Å². The van der Waals surface area contributed by atoms with Gasteiger partial charge in [-0.3, -0.25) is 4.79 Å². The lowest BCUT2D eigenvalue weighted by molar-refractivity contribution is 0.0998. The van der Waals surface area contributed by atoms with E-state index in [0.29, 0.717) is 17.1 Å². The minimum Gasteiger partial charge on any atom is -0.457 e. The Balaban J connectivity index is 0.00000144. The van der Waals surface area contributed by atoms with Gasteiger partial charge in [0, 0.05) is 0 Å². The quantitative estimate of drug-likeness (QED) is 0.909. The van der Waals surface area contributed by atoms with Crippen molar-refractivity contribution in [1.82, 2.24) is 0 Å². The molecule has 0 aromatic heterocycles. The lowest BCUT2D eigenvalue weighted by Gasteiger charge is -2.08. The largest absolute Gasteiger partial charge is 0.457 e. The van der Waals surface area contributed by atoms with Crippen molar-refractivity contribution in [2.24, 2.45) is 5.73 Å². The van der Waals surface area contributed by atoms with Crippen molar-refractivity contribution < 1.29 is 9.53 Å². The molecule has 0 spiro atoms. The number of primary amides is 1. The molecule has 0 fully saturated rings. The molecule has 3 nitrogen and oxygen atoms in total. The molecule has 0 radical (unpaired) electrons. The fourth-order valence-electron chi connectivity index (χ4n) is 1.37. The zero-order chi connectivity index (χ0) is 11.4. The van der Waals surface area contributed by atoms with E-state index in [1.54, 1.807) is 24.3 Å². The summed E-state index contributed by atoms with van der Waals surface area (Å²) in [7, 11) is 0. The fraction of sp³-hybridized carbons (Fsp3) is 0. The molecule has 0 aliphatic rings. The van der Waals surface area contributed by atoms with Gasteiger partial charge in [-0.25, -0.2) is 0 Å². The van der Waals surface area contributed by atoms with Crippen LogP contribution in [-0.2, 0) is 0 Å². The van der Waals surface area contributed by atoms with E-state index in [1.807, 2.05) is 30.3 Å². The molecule has 4 heteroatoms. The molecule has 2 aromatic carbocycles. The van der Waals surface area contributed by atoms with Crippen molar-refractivity contribution in [1.29, 1.82) is 0 Å². The Labute approximate surface area is 106 Å². The molecule has 0 unspecified atom stereocenters. The minimum absolute atomic E-state index is 0. The molecule has 2 rings (SSSR count). The maximum absolute atomic E-state index is 11.2. The van der Waals surface area contributed by atoms with Crippen molar-refractivity contribution in [2.75, 3.05) is 0 Å². The van der Waals surface area contributed by atoms with Gasteiger partial charge in [0.1, 0.15) is 11.5 Å². The van der Waals surface area contributed by atoms with Crippen LogP contribution in [0.25, 0.3) is 0 Å². The molecule has 1 amide bonds. The van der Waals surface area contributed by atoms with Crippen LogP contribution in [0.2, 0.25) is 0 Å². The van der Waals surface area contributed by atoms with Gasteiger partial charge in [-0.05, 0) is 24.3 Å². The molecule has 0 aliphatic carbocycles. The number of benzene rings is 2. The van der Waals surface area contributed by atoms with Crippen molar-refractivity contribution in [2.45, 2.75) is 0 Å². The SMILES string of the molecule is Cl.NC(=O)c1ccccc1Oc1ccccc1. The summed E-state index contributed by atoms with van der Waals surface area (Å²) in [6.45, 7) is 0. The van der Waals surface area contributed by atoms with Crippen LogP contribution in [0.5, 0.6) is 11.5 Å². The summed E-state index contributed by atoms with van der Waals surface area (Å²) in [6.07, 6.45) is 0. The van der Waals surface area contributed by atoms with E-state index in [9.17, 15) is 4.79 Å². The Hall–Kier alpha value is -2.00. The Kier molecular flexibility index (Phi) is 4.55. The number of amides is 1. The first-order chi connectivity index (χ1) is 7.77. The summed E-state index contributed by atoms with van der Waals surface area (Å²) in [5.74, 6) is 0.656. The van der Waals surface area contributed by atoms with Gasteiger partial charge in [-0.15, -0.1) is 12.4 Å². The molecule has 0 bridgehead atoms. The Morgan fingerprint density at radius 2 is 1.53 bits per heavy atom. The number of ether oxygens (including phenoxy) is 1. The third-order valence-corrected chi connectivity index (χ3v) is 2.12. The van der Waals surface area contributed by atoms with Crippen LogP contribution < -0.4 is 10.5 Å². The highest BCUT2D eigenvalue weighted by molar-refractivity contribution is 5.95. The van der Waals surface area contributed by atoms with E-state index in [1.165, 1.54) is 0 Å². The number of halogens is 1. The first-order valence-corrected chi connectivity index (χ1v) is 4.89. The molecule has 0 atom stereocenters. The van der Waals surface area contributed by atoms with E-state index in [2.05, 4.69) is 0 Å². The van der Waals surface area contributed by atoms with Gasteiger partial charge < -0.3 is 10.5 Å². The summed E-state index contributed by atoms with van der Waals surface area (Å²) in [5, 5.41) is 0. The molecule has 0 saturated heterocycles. The number of rotatable bonds is 3. The Morgan fingerprint density at radius 3 is 2.18 bits per heavy atom. The Bertz CT molecular complexity index is 500. The van der Waals surface area contributed by atoms with Gasteiger partial charge in [0.2, 0.25) is 0 Å². The van der Waals surface area contributed by atoms with Crippen molar-refractivity contribution in [3.63, 3.8) is 0 Å². The summed E-state index contributed by atoms with van der Waals surface area (Å²) in [4.78, 5) is 11.2. The molecule has 0 saturated carbocycles. The van der Waals surface area contributed by atoms with Gasteiger partial charge in [-0.2, -0.15) is 0 Å². The van der Waals surface area contributed by atoms with Gasteiger partial charge >= 0.3 is 0 Å². The average Bonchev–Trinajstić information content (AvgIpc) is 2.31. The van der Waals surface area contributed by atoms with Crippen LogP contribution in [-0.4, -0.2) is 5.91 Å². The molecule has 17 heavy (non-hydrogen) atoms. The molecule has 0 aliphatic heterocycles. The summed E-state index contributed by atoms with van der Waals surface area (Å²) >= 11 is 0. The number of hydrogen-bond donors (Lipinski definition) is 1. The van der Waals surface area contributed by atoms with E-state index in [0.717, 1.165) is 0 Å². The van der Waals surface area contributed by atoms with Gasteiger partial charge in [0.25, 0.3) is 5.91 Å². The molecular formula is C13H12ClNO2. The van der Waals surface area contributed by atoms with Gasteiger partial charge in [0.15, 0.2) is 0 Å². The van der Waals surface area contributed by atoms with Crippen LogP contribution in [0.3, 0.4) is 0 Å². The third-order valence-electron chi connectivity index (χ3n) is 2.12. The second-order valence-corrected chi connectivity index (χ2v) is 3.28. The molecule has 88 valence electrons. The highest BCUT2D eigenvalue weighted by Crippen LogP contribution is 2.24. The molecule has 0 heterocycles. The van der Waals surface area contributed by atoms with Crippen molar-refractivity contribution >= 4 is 18.3 Å². The predicted molar refractivity (Wildman–Crippen MR) is 68.7 cm³/mol. The number of para-hydroxylation sites is 2. The highest BCUT2D eigenvalue weighted by Gasteiger charge is 2.08. The van der Waals surface area contributed by atoms with Crippen molar-refractivity contribution in [3.05, 3.63) is 60.2 Å². The topological polar surface area (TPSA) is 52.3 Å². The third kappa shape index (κ3) is 3.23. The molecule has 2 N–H and O–H groups in total. The average molecular weight is 250 g/mol. The van der Waals surface area contributed by atoms with Crippen LogP contribution in [0.4, 0.5) is 0 Å². The van der Waals surface area contributed by atoms with E-state index in [4.69, 9.17) is 10.5 Å². The van der Waals surface area contributed by atoms with Crippen LogP contribution in [0.15, 0.2) is 54.6 Å². The van der Waals surface area contributed by atoms with Crippen molar-refractivity contribution in [3.8, 4) is 11.5 Å². The molecule has 2 aromatic rings. The van der Waals surface area contributed by atoms with Crippen LogP contribution in [0.1, 0.15) is 10.4 Å². The minimum atomic E-state index is -0.494. The highest BCUT2D eigenvalue weighted by atomic mass is 35.5. The lowest BCUT2D eigenvalue weighted by Crippen LogP contribution is -2.11. The predicted octanol–water partition coefficient (Wildman–Crippen LogP) is 3.00. The van der Waals surface area contributed by atoms with E-state index < -0.39 is 5.91 Å². The Morgan fingerprint density at radius 1 is 0.941 bits per heavy atom. The van der Waals surface area contributed by atoms with Crippen LogP contribution in [0, 0.1) is 0 Å². The lowest BCUT2D eigenvalue weighted by atomic mass is 10.2. The summed E-state index contributed by atoms with van der Waals surface area (Å²) in [6, 6.07) is 16.2.